The van der Waals surface area contributed by atoms with Crippen LogP contribution < -0.4 is 10.1 Å². The second-order valence-corrected chi connectivity index (χ2v) is 5.31. The maximum Gasteiger partial charge on any atom is 0.322 e. The third kappa shape index (κ3) is 4.36. The molecule has 2 amide bonds. The average Bonchev–Trinajstić information content (AvgIpc) is 2.54. The zero-order valence-electron chi connectivity index (χ0n) is 13.0. The SMILES string of the molecule is CCCCN1CCN(C(=O)Nc2ccccc2OC)CC1. The number of hydrogen-bond acceptors (Lipinski definition) is 3. The molecule has 0 bridgehead atoms. The molecule has 1 N–H and O–H groups in total. The molecule has 0 aromatic heterocycles. The number of ether oxygens (including phenoxy) is 1. The molecule has 5 heteroatoms. The van der Waals surface area contributed by atoms with Crippen molar-refractivity contribution in [3.05, 3.63) is 24.3 Å². The summed E-state index contributed by atoms with van der Waals surface area (Å²) in [6.45, 7) is 6.82. The topological polar surface area (TPSA) is 44.8 Å². The smallest absolute Gasteiger partial charge is 0.322 e. The Morgan fingerprint density at radius 3 is 2.62 bits per heavy atom. The Morgan fingerprint density at radius 2 is 1.95 bits per heavy atom. The molecule has 21 heavy (non-hydrogen) atoms. The second-order valence-electron chi connectivity index (χ2n) is 5.31. The molecular formula is C16H25N3O2. The molecular weight excluding hydrogens is 266 g/mol. The summed E-state index contributed by atoms with van der Waals surface area (Å²) >= 11 is 0. The Labute approximate surface area is 126 Å². The van der Waals surface area contributed by atoms with Gasteiger partial charge >= 0.3 is 6.03 Å². The van der Waals surface area contributed by atoms with Gasteiger partial charge in [0.25, 0.3) is 0 Å². The number of hydrogen-bond donors (Lipinski definition) is 1. The minimum atomic E-state index is -0.0466. The van der Waals surface area contributed by atoms with E-state index >= 15 is 0 Å². The van der Waals surface area contributed by atoms with E-state index in [1.807, 2.05) is 29.2 Å². The molecule has 1 fully saturated rings. The highest BCUT2D eigenvalue weighted by molar-refractivity contribution is 5.91. The minimum Gasteiger partial charge on any atom is -0.495 e. The van der Waals surface area contributed by atoms with Crippen LogP contribution in [0.25, 0.3) is 0 Å². The second kappa shape index (κ2) is 7.88. The van der Waals surface area contributed by atoms with Crippen molar-refractivity contribution >= 4 is 11.7 Å². The maximum atomic E-state index is 12.3. The summed E-state index contributed by atoms with van der Waals surface area (Å²) in [6, 6.07) is 7.43. The van der Waals surface area contributed by atoms with Crippen LogP contribution in [0.5, 0.6) is 5.75 Å². The largest absolute Gasteiger partial charge is 0.495 e. The van der Waals surface area contributed by atoms with Crippen molar-refractivity contribution in [2.75, 3.05) is 45.2 Å². The van der Waals surface area contributed by atoms with Crippen molar-refractivity contribution in [3.63, 3.8) is 0 Å². The van der Waals surface area contributed by atoms with Crippen LogP contribution in [0.2, 0.25) is 0 Å². The van der Waals surface area contributed by atoms with Crippen LogP contribution in [0.3, 0.4) is 0 Å². The first-order valence-corrected chi connectivity index (χ1v) is 7.66. The summed E-state index contributed by atoms with van der Waals surface area (Å²) < 4.78 is 5.25. The van der Waals surface area contributed by atoms with E-state index in [1.165, 1.54) is 12.8 Å². The van der Waals surface area contributed by atoms with Gasteiger partial charge in [0.2, 0.25) is 0 Å². The summed E-state index contributed by atoms with van der Waals surface area (Å²) in [6.07, 6.45) is 2.45. The summed E-state index contributed by atoms with van der Waals surface area (Å²) in [5.41, 5.74) is 0.721. The number of rotatable bonds is 5. The molecule has 0 spiro atoms. The number of anilines is 1. The van der Waals surface area contributed by atoms with E-state index in [0.29, 0.717) is 5.75 Å². The zero-order chi connectivity index (χ0) is 15.1. The van der Waals surface area contributed by atoms with Crippen LogP contribution in [0, 0.1) is 0 Å². The Hall–Kier alpha value is -1.75. The van der Waals surface area contributed by atoms with E-state index in [9.17, 15) is 4.79 Å². The molecule has 1 heterocycles. The van der Waals surface area contributed by atoms with Crippen molar-refractivity contribution in [1.29, 1.82) is 0 Å². The summed E-state index contributed by atoms with van der Waals surface area (Å²) in [7, 11) is 1.61. The monoisotopic (exact) mass is 291 g/mol. The number of nitrogens with zero attached hydrogens (tertiary/aromatic N) is 2. The maximum absolute atomic E-state index is 12.3. The molecule has 0 radical (unpaired) electrons. The Kier molecular flexibility index (Phi) is 5.87. The molecule has 2 rings (SSSR count). The molecule has 1 aliphatic rings. The third-order valence-electron chi connectivity index (χ3n) is 3.84. The zero-order valence-corrected chi connectivity index (χ0v) is 13.0. The lowest BCUT2D eigenvalue weighted by molar-refractivity contribution is 0.146. The molecule has 5 nitrogen and oxygen atoms in total. The van der Waals surface area contributed by atoms with Gasteiger partial charge in [0.15, 0.2) is 0 Å². The molecule has 1 aromatic carbocycles. The van der Waals surface area contributed by atoms with Gasteiger partial charge in [0, 0.05) is 26.2 Å². The van der Waals surface area contributed by atoms with Crippen molar-refractivity contribution in [1.82, 2.24) is 9.80 Å². The number of benzene rings is 1. The van der Waals surface area contributed by atoms with Gasteiger partial charge in [-0.3, -0.25) is 4.90 Å². The lowest BCUT2D eigenvalue weighted by Gasteiger charge is -2.34. The number of amides is 2. The van der Waals surface area contributed by atoms with E-state index in [2.05, 4.69) is 17.1 Å². The highest BCUT2D eigenvalue weighted by Gasteiger charge is 2.21. The van der Waals surface area contributed by atoms with Gasteiger partial charge < -0.3 is 15.0 Å². The van der Waals surface area contributed by atoms with E-state index in [1.54, 1.807) is 7.11 Å². The Bertz CT molecular complexity index is 457. The first kappa shape index (κ1) is 15.6. The Morgan fingerprint density at radius 1 is 1.24 bits per heavy atom. The van der Waals surface area contributed by atoms with E-state index in [-0.39, 0.29) is 6.03 Å². The number of unbranched alkanes of at least 4 members (excludes halogenated alkanes) is 1. The molecule has 1 aromatic rings. The van der Waals surface area contributed by atoms with Crippen LogP contribution in [-0.4, -0.2) is 55.7 Å². The standard InChI is InChI=1S/C16H25N3O2/c1-3-4-9-18-10-12-19(13-11-18)16(20)17-14-7-5-6-8-15(14)21-2/h5-8H,3-4,9-13H2,1-2H3,(H,17,20). The molecule has 0 unspecified atom stereocenters. The first-order chi connectivity index (χ1) is 10.2. The average molecular weight is 291 g/mol. The molecule has 116 valence electrons. The van der Waals surface area contributed by atoms with Crippen LogP contribution in [0.1, 0.15) is 19.8 Å². The number of carbonyl (C=O) groups is 1. The molecule has 0 saturated carbocycles. The van der Waals surface area contributed by atoms with Crippen molar-refractivity contribution in [3.8, 4) is 5.75 Å². The van der Waals surface area contributed by atoms with Gasteiger partial charge in [-0.1, -0.05) is 25.5 Å². The van der Waals surface area contributed by atoms with Crippen molar-refractivity contribution in [2.24, 2.45) is 0 Å². The normalized spacial score (nSPS) is 15.8. The number of methoxy groups -OCH3 is 1. The van der Waals surface area contributed by atoms with E-state index in [4.69, 9.17) is 4.74 Å². The Balaban J connectivity index is 1.85. The van der Waals surface area contributed by atoms with Crippen LogP contribution >= 0.6 is 0 Å². The van der Waals surface area contributed by atoms with E-state index in [0.717, 1.165) is 38.4 Å². The lowest BCUT2D eigenvalue weighted by atomic mass is 10.2. The quantitative estimate of drug-likeness (QED) is 0.907. The number of para-hydroxylation sites is 2. The van der Waals surface area contributed by atoms with Gasteiger partial charge in [-0.2, -0.15) is 0 Å². The first-order valence-electron chi connectivity index (χ1n) is 7.66. The fraction of sp³-hybridized carbons (Fsp3) is 0.562. The summed E-state index contributed by atoms with van der Waals surface area (Å²) in [5.74, 6) is 0.687. The minimum absolute atomic E-state index is 0.0466. The van der Waals surface area contributed by atoms with Crippen LogP contribution in [-0.2, 0) is 0 Å². The molecule has 0 atom stereocenters. The number of nitrogens with one attached hydrogen (secondary N) is 1. The lowest BCUT2D eigenvalue weighted by Crippen LogP contribution is -2.50. The van der Waals surface area contributed by atoms with Crippen LogP contribution in [0.15, 0.2) is 24.3 Å². The van der Waals surface area contributed by atoms with Crippen molar-refractivity contribution in [2.45, 2.75) is 19.8 Å². The molecule has 1 saturated heterocycles. The predicted molar refractivity (Wildman–Crippen MR) is 84.9 cm³/mol. The van der Waals surface area contributed by atoms with Crippen molar-refractivity contribution < 1.29 is 9.53 Å². The van der Waals surface area contributed by atoms with Gasteiger partial charge in [0.1, 0.15) is 5.75 Å². The fourth-order valence-corrected chi connectivity index (χ4v) is 2.50. The van der Waals surface area contributed by atoms with Gasteiger partial charge in [-0.05, 0) is 25.1 Å². The van der Waals surface area contributed by atoms with Gasteiger partial charge in [-0.15, -0.1) is 0 Å². The number of carbonyl (C=O) groups excluding carboxylic acids is 1. The highest BCUT2D eigenvalue weighted by Crippen LogP contribution is 2.23. The van der Waals surface area contributed by atoms with E-state index < -0.39 is 0 Å². The van der Waals surface area contributed by atoms with Gasteiger partial charge in [-0.25, -0.2) is 4.79 Å². The summed E-state index contributed by atoms with van der Waals surface area (Å²) in [4.78, 5) is 16.6. The summed E-state index contributed by atoms with van der Waals surface area (Å²) in [5, 5.41) is 2.93. The third-order valence-corrected chi connectivity index (χ3v) is 3.84. The number of piperazine rings is 1. The number of urea groups is 1. The molecule has 1 aliphatic heterocycles. The van der Waals surface area contributed by atoms with Gasteiger partial charge in [0.05, 0.1) is 12.8 Å². The van der Waals surface area contributed by atoms with Crippen LogP contribution in [0.4, 0.5) is 10.5 Å². The predicted octanol–water partition coefficient (Wildman–Crippen LogP) is 2.64. The highest BCUT2D eigenvalue weighted by atomic mass is 16.5. The molecule has 0 aliphatic carbocycles. The fourth-order valence-electron chi connectivity index (χ4n) is 2.50.